The van der Waals surface area contributed by atoms with Gasteiger partial charge in [-0.15, -0.1) is 0 Å². The highest BCUT2D eigenvalue weighted by Crippen LogP contribution is 2.34. The summed E-state index contributed by atoms with van der Waals surface area (Å²) in [5, 5.41) is 5.97. The average molecular weight is 501 g/mol. The van der Waals surface area contributed by atoms with Crippen molar-refractivity contribution in [3.63, 3.8) is 0 Å². The molecule has 3 amide bonds. The summed E-state index contributed by atoms with van der Waals surface area (Å²) in [5.41, 5.74) is 2.91. The number of nitrogens with zero attached hydrogens (tertiary/aromatic N) is 2. The number of pyridine rings is 1. The van der Waals surface area contributed by atoms with Crippen LogP contribution in [0.2, 0.25) is 0 Å². The number of amides is 3. The second-order valence-electron chi connectivity index (χ2n) is 9.86. The quantitative estimate of drug-likeness (QED) is 0.522. The molecule has 3 heterocycles. The largest absolute Gasteiger partial charge is 0.497 e. The fourth-order valence-corrected chi connectivity index (χ4v) is 5.42. The van der Waals surface area contributed by atoms with Crippen molar-refractivity contribution in [2.45, 2.75) is 37.9 Å². The molecule has 0 radical (unpaired) electrons. The van der Waals surface area contributed by atoms with Crippen LogP contribution in [0.15, 0.2) is 77.6 Å². The first kappa shape index (κ1) is 24.6. The smallest absolute Gasteiger partial charge is 0.318 e. The molecule has 1 saturated heterocycles. The van der Waals surface area contributed by atoms with Gasteiger partial charge in [0.15, 0.2) is 0 Å². The zero-order valence-electron chi connectivity index (χ0n) is 20.9. The normalized spacial score (nSPS) is 18.9. The van der Waals surface area contributed by atoms with Crippen LogP contribution in [0.5, 0.6) is 5.75 Å². The van der Waals surface area contributed by atoms with E-state index in [9.17, 15) is 14.4 Å². The van der Waals surface area contributed by atoms with Crippen molar-refractivity contribution in [3.05, 3.63) is 100.0 Å². The molecule has 1 fully saturated rings. The number of hydrogen-bond acceptors (Lipinski definition) is 4. The van der Waals surface area contributed by atoms with Gasteiger partial charge in [-0.25, -0.2) is 4.79 Å². The minimum Gasteiger partial charge on any atom is -0.497 e. The molecule has 8 heteroatoms. The Balaban J connectivity index is 1.27. The maximum absolute atomic E-state index is 13.4. The lowest BCUT2D eigenvalue weighted by molar-refractivity contribution is -0.123. The first-order valence-corrected chi connectivity index (χ1v) is 12.7. The molecule has 3 aromatic rings. The van der Waals surface area contributed by atoms with E-state index in [1.54, 1.807) is 24.1 Å². The highest BCUT2D eigenvalue weighted by Gasteiger charge is 2.37. The summed E-state index contributed by atoms with van der Waals surface area (Å²) in [4.78, 5) is 40.8. The number of fused-ring (bicyclic) bond motifs is 4. The summed E-state index contributed by atoms with van der Waals surface area (Å²) in [6, 6.07) is 21.6. The zero-order valence-corrected chi connectivity index (χ0v) is 20.9. The van der Waals surface area contributed by atoms with Crippen molar-refractivity contribution in [2.24, 2.45) is 5.92 Å². The Kier molecular flexibility index (Phi) is 7.25. The van der Waals surface area contributed by atoms with Crippen molar-refractivity contribution in [3.8, 4) is 5.75 Å². The number of benzene rings is 2. The third kappa shape index (κ3) is 5.69. The van der Waals surface area contributed by atoms with E-state index in [0.717, 1.165) is 29.0 Å². The van der Waals surface area contributed by atoms with Gasteiger partial charge in [0.2, 0.25) is 5.91 Å². The van der Waals surface area contributed by atoms with Gasteiger partial charge < -0.3 is 24.8 Å². The van der Waals surface area contributed by atoms with E-state index in [4.69, 9.17) is 4.74 Å². The lowest BCUT2D eigenvalue weighted by atomic mass is 9.83. The van der Waals surface area contributed by atoms with E-state index in [-0.39, 0.29) is 29.3 Å². The number of ether oxygens (including phenoxy) is 1. The molecule has 192 valence electrons. The van der Waals surface area contributed by atoms with E-state index >= 15 is 0 Å². The Morgan fingerprint density at radius 3 is 2.49 bits per heavy atom. The number of carbonyl (C=O) groups excluding carboxylic acids is 2. The molecule has 2 aliphatic heterocycles. The lowest BCUT2D eigenvalue weighted by Gasteiger charge is -2.43. The van der Waals surface area contributed by atoms with Crippen LogP contribution >= 0.6 is 0 Å². The minimum absolute atomic E-state index is 0.0153. The van der Waals surface area contributed by atoms with E-state index in [0.29, 0.717) is 32.6 Å². The van der Waals surface area contributed by atoms with Gasteiger partial charge >= 0.3 is 6.03 Å². The average Bonchev–Trinajstić information content (AvgIpc) is 2.92. The molecule has 37 heavy (non-hydrogen) atoms. The van der Waals surface area contributed by atoms with Gasteiger partial charge in [0, 0.05) is 50.3 Å². The van der Waals surface area contributed by atoms with Crippen LogP contribution in [0.4, 0.5) is 4.79 Å². The van der Waals surface area contributed by atoms with Crippen LogP contribution in [0.1, 0.15) is 29.2 Å². The Bertz CT molecular complexity index is 1310. The van der Waals surface area contributed by atoms with E-state index in [1.807, 2.05) is 65.2 Å². The monoisotopic (exact) mass is 500 g/mol. The lowest BCUT2D eigenvalue weighted by Crippen LogP contribution is -2.56. The molecule has 2 N–H and O–H groups in total. The molecule has 2 bridgehead atoms. The number of rotatable bonds is 7. The maximum atomic E-state index is 13.4. The number of piperidine rings is 1. The predicted molar refractivity (Wildman–Crippen MR) is 140 cm³/mol. The Hall–Kier alpha value is -4.07. The van der Waals surface area contributed by atoms with Gasteiger partial charge in [-0.05, 0) is 41.7 Å². The number of hydrogen-bond donors (Lipinski definition) is 2. The minimum atomic E-state index is -0.718. The number of urea groups is 1. The molecule has 0 unspecified atom stereocenters. The fourth-order valence-electron chi connectivity index (χ4n) is 5.42. The molecule has 0 saturated carbocycles. The first-order valence-electron chi connectivity index (χ1n) is 12.7. The SMILES string of the molecule is COc1ccc(CNC(=O)[C@H](Cc2ccccc2)NC(=O)N2C[C@H]3C[C@@H](C2)c2cccc(=O)n2C3)cc1. The summed E-state index contributed by atoms with van der Waals surface area (Å²) < 4.78 is 7.04. The van der Waals surface area contributed by atoms with Gasteiger partial charge in [-0.2, -0.15) is 0 Å². The van der Waals surface area contributed by atoms with Crippen molar-refractivity contribution in [1.29, 1.82) is 0 Å². The number of carbonyl (C=O) groups is 2. The van der Waals surface area contributed by atoms with Crippen molar-refractivity contribution in [2.75, 3.05) is 20.2 Å². The fraction of sp³-hybridized carbons (Fsp3) is 0.345. The van der Waals surface area contributed by atoms with Crippen LogP contribution in [0.3, 0.4) is 0 Å². The molecule has 2 aliphatic rings. The van der Waals surface area contributed by atoms with Crippen LogP contribution in [-0.2, 0) is 24.3 Å². The molecule has 8 nitrogen and oxygen atoms in total. The van der Waals surface area contributed by atoms with Crippen molar-refractivity contribution >= 4 is 11.9 Å². The molecule has 0 aliphatic carbocycles. The second kappa shape index (κ2) is 10.9. The van der Waals surface area contributed by atoms with Gasteiger partial charge in [0.25, 0.3) is 5.56 Å². The summed E-state index contributed by atoms with van der Waals surface area (Å²) in [7, 11) is 1.61. The highest BCUT2D eigenvalue weighted by molar-refractivity contribution is 5.87. The number of nitrogens with one attached hydrogen (secondary N) is 2. The van der Waals surface area contributed by atoms with Gasteiger partial charge in [0.05, 0.1) is 7.11 Å². The summed E-state index contributed by atoms with van der Waals surface area (Å²) in [6.45, 7) is 2.06. The standard InChI is InChI=1S/C29H32N4O4/c1-37-24-12-10-21(11-13-24)16-30-28(35)25(15-20-6-3-2-4-7-20)31-29(36)32-17-22-14-23(19-32)26-8-5-9-27(34)33(26)18-22/h2-13,22-23,25H,14-19H2,1H3,(H,30,35)(H,31,36)/t22-,23+,25+/m1/s1. The van der Waals surface area contributed by atoms with E-state index in [1.165, 1.54) is 0 Å². The van der Waals surface area contributed by atoms with Crippen LogP contribution in [-0.4, -0.2) is 47.6 Å². The maximum Gasteiger partial charge on any atom is 0.318 e. The molecule has 1 aromatic heterocycles. The van der Waals surface area contributed by atoms with Crippen LogP contribution in [0.25, 0.3) is 0 Å². The molecule has 2 aromatic carbocycles. The Morgan fingerprint density at radius 2 is 1.73 bits per heavy atom. The van der Waals surface area contributed by atoms with Crippen molar-refractivity contribution < 1.29 is 14.3 Å². The Labute approximate surface area is 216 Å². The van der Waals surface area contributed by atoms with Gasteiger partial charge in [-0.1, -0.05) is 48.5 Å². The van der Waals surface area contributed by atoms with Gasteiger partial charge in [-0.3, -0.25) is 9.59 Å². The first-order chi connectivity index (χ1) is 18.0. The topological polar surface area (TPSA) is 92.7 Å². The van der Waals surface area contributed by atoms with E-state index in [2.05, 4.69) is 10.6 Å². The summed E-state index contributed by atoms with van der Waals surface area (Å²) in [5.74, 6) is 0.849. The van der Waals surface area contributed by atoms with Crippen LogP contribution in [0, 0.1) is 5.92 Å². The number of likely N-dealkylation sites (tertiary alicyclic amines) is 1. The Morgan fingerprint density at radius 1 is 0.946 bits per heavy atom. The third-order valence-corrected chi connectivity index (χ3v) is 7.29. The van der Waals surface area contributed by atoms with Crippen LogP contribution < -0.4 is 20.9 Å². The predicted octanol–water partition coefficient (Wildman–Crippen LogP) is 2.91. The molecular formula is C29H32N4O4. The molecule has 3 atom stereocenters. The number of aromatic nitrogens is 1. The molecule has 5 rings (SSSR count). The zero-order chi connectivity index (χ0) is 25.8. The number of methoxy groups -OCH3 is 1. The summed E-state index contributed by atoms with van der Waals surface area (Å²) >= 11 is 0. The summed E-state index contributed by atoms with van der Waals surface area (Å²) in [6.07, 6.45) is 1.35. The van der Waals surface area contributed by atoms with E-state index < -0.39 is 6.04 Å². The van der Waals surface area contributed by atoms with Gasteiger partial charge in [0.1, 0.15) is 11.8 Å². The molecule has 0 spiro atoms. The highest BCUT2D eigenvalue weighted by atomic mass is 16.5. The molecular weight excluding hydrogens is 468 g/mol. The second-order valence-corrected chi connectivity index (χ2v) is 9.86. The third-order valence-electron chi connectivity index (χ3n) is 7.29. The van der Waals surface area contributed by atoms with Crippen molar-refractivity contribution in [1.82, 2.24) is 20.1 Å².